The summed E-state index contributed by atoms with van der Waals surface area (Å²) in [5.74, 6) is 0.462. The maximum absolute atomic E-state index is 14.6. The van der Waals surface area contributed by atoms with Crippen LogP contribution in [-0.4, -0.2) is 57.3 Å². The number of amides is 2. The molecule has 39 heavy (non-hydrogen) atoms. The van der Waals surface area contributed by atoms with Crippen molar-refractivity contribution in [2.24, 2.45) is 0 Å². The highest BCUT2D eigenvalue weighted by molar-refractivity contribution is 7.09. The number of carbonyl (C=O) groups is 2. The number of nitrogens with zero attached hydrogens (tertiary/aromatic N) is 4. The minimum atomic E-state index is -1.42. The Bertz CT molecular complexity index is 1300. The smallest absolute Gasteiger partial charge is 0.416 e. The predicted octanol–water partition coefficient (Wildman–Crippen LogP) is 6.19. The maximum Gasteiger partial charge on any atom is 0.416 e. The molecule has 13 heteroatoms. The zero-order valence-electron chi connectivity index (χ0n) is 23.4. The quantitative estimate of drug-likeness (QED) is 0.337. The van der Waals surface area contributed by atoms with Gasteiger partial charge in [-0.15, -0.1) is 16.4 Å². The summed E-state index contributed by atoms with van der Waals surface area (Å²) in [6, 6.07) is 2.83. The van der Waals surface area contributed by atoms with E-state index in [-0.39, 0.29) is 24.1 Å². The molecule has 2 amide bonds. The summed E-state index contributed by atoms with van der Waals surface area (Å²) < 4.78 is 32.8. The summed E-state index contributed by atoms with van der Waals surface area (Å²) in [4.78, 5) is 32.4. The second kappa shape index (κ2) is 12.0. The van der Waals surface area contributed by atoms with Gasteiger partial charge >= 0.3 is 12.2 Å². The van der Waals surface area contributed by atoms with Crippen LogP contribution in [0.5, 0.6) is 5.75 Å². The number of anilines is 1. The summed E-state index contributed by atoms with van der Waals surface area (Å²) in [7, 11) is 1.45. The summed E-state index contributed by atoms with van der Waals surface area (Å²) in [6.07, 6.45) is -1.15. The van der Waals surface area contributed by atoms with Crippen LogP contribution in [0, 0.1) is 0 Å². The highest BCUT2D eigenvalue weighted by atomic mass is 35.5. The van der Waals surface area contributed by atoms with Crippen LogP contribution in [0.1, 0.15) is 58.9 Å². The van der Waals surface area contributed by atoms with Crippen LogP contribution in [0.3, 0.4) is 0 Å². The average molecular weight is 584 g/mol. The summed E-state index contributed by atoms with van der Waals surface area (Å²) in [6.45, 7) is 12.0. The van der Waals surface area contributed by atoms with E-state index in [1.165, 1.54) is 34.8 Å². The van der Waals surface area contributed by atoms with Crippen LogP contribution >= 0.6 is 22.9 Å². The Kier molecular flexibility index (Phi) is 9.32. The van der Waals surface area contributed by atoms with Crippen molar-refractivity contribution in [2.45, 2.75) is 84.8 Å². The molecule has 0 aromatic carbocycles. The number of methoxy groups -OCH3 is 1. The van der Waals surface area contributed by atoms with Crippen LogP contribution in [-0.2, 0) is 22.4 Å². The number of fused-ring (bicyclic) bond motifs is 1. The molecule has 0 spiro atoms. The van der Waals surface area contributed by atoms with E-state index in [1.54, 1.807) is 47.7 Å². The number of alkyl carbamates (subject to hydrolysis) is 1. The van der Waals surface area contributed by atoms with Crippen molar-refractivity contribution >= 4 is 46.5 Å². The summed E-state index contributed by atoms with van der Waals surface area (Å²) >= 11 is 7.75. The number of carbonyl (C=O) groups excluding carboxylic acids is 2. The monoisotopic (exact) mass is 583 g/mol. The van der Waals surface area contributed by atoms with E-state index in [0.29, 0.717) is 16.8 Å². The Labute approximate surface area is 236 Å². The van der Waals surface area contributed by atoms with Crippen LogP contribution in [0.2, 0.25) is 5.28 Å². The molecule has 3 heterocycles. The highest BCUT2D eigenvalue weighted by Crippen LogP contribution is 2.36. The number of alkyl halides is 1. The first-order chi connectivity index (χ1) is 18.1. The van der Waals surface area contributed by atoms with Gasteiger partial charge in [-0.1, -0.05) is 6.07 Å². The van der Waals surface area contributed by atoms with Crippen molar-refractivity contribution in [2.75, 3.05) is 12.0 Å². The Morgan fingerprint density at radius 1 is 1.21 bits per heavy atom. The zero-order chi connectivity index (χ0) is 29.1. The molecule has 10 nitrogen and oxygen atoms in total. The number of halogens is 2. The van der Waals surface area contributed by atoms with E-state index in [0.717, 1.165) is 4.88 Å². The lowest BCUT2D eigenvalue weighted by atomic mass is 10.0. The van der Waals surface area contributed by atoms with Crippen molar-refractivity contribution in [1.82, 2.24) is 19.9 Å². The molecule has 0 saturated carbocycles. The van der Waals surface area contributed by atoms with Gasteiger partial charge in [-0.05, 0) is 71.5 Å². The molecule has 0 radical (unpaired) electrons. The zero-order valence-corrected chi connectivity index (χ0v) is 24.9. The first-order valence-electron chi connectivity index (χ1n) is 12.4. The highest BCUT2D eigenvalue weighted by Gasteiger charge is 2.31. The molecule has 3 aromatic rings. The van der Waals surface area contributed by atoms with E-state index in [4.69, 9.17) is 25.8 Å². The molecule has 0 unspecified atom stereocenters. The van der Waals surface area contributed by atoms with Crippen molar-refractivity contribution in [3.63, 3.8) is 0 Å². The van der Waals surface area contributed by atoms with Crippen LogP contribution in [0.15, 0.2) is 23.7 Å². The lowest BCUT2D eigenvalue weighted by Gasteiger charge is -2.27. The molecule has 3 rings (SSSR count). The standard InChI is InChI=1S/C26H35ClFN5O5S/c1-15(28)18(29-23(34)37-25(2,3)4)12-16-13-33-19(20(16)36-8)21(30-22(27)31-33)32(14-17-10-9-11-39-17)24(35)38-26(5,6)7/h9-11,13,15,18H,12,14H2,1-8H3,(H,29,34)/t15-,18+/m0/s1. The first-order valence-corrected chi connectivity index (χ1v) is 13.6. The molecule has 3 aromatic heterocycles. The fourth-order valence-electron chi connectivity index (χ4n) is 3.75. The molecule has 1 N–H and O–H groups in total. The van der Waals surface area contributed by atoms with Gasteiger partial charge in [-0.3, -0.25) is 4.90 Å². The molecule has 0 saturated heterocycles. The predicted molar refractivity (Wildman–Crippen MR) is 149 cm³/mol. The number of nitrogens with one attached hydrogen (secondary N) is 1. The number of ether oxygens (including phenoxy) is 3. The molecule has 0 aliphatic heterocycles. The van der Waals surface area contributed by atoms with Gasteiger partial charge in [0.25, 0.3) is 0 Å². The first kappa shape index (κ1) is 30.4. The van der Waals surface area contributed by atoms with E-state index >= 15 is 0 Å². The van der Waals surface area contributed by atoms with E-state index in [9.17, 15) is 14.0 Å². The van der Waals surface area contributed by atoms with Gasteiger partial charge in [-0.25, -0.2) is 18.5 Å². The molecular weight excluding hydrogens is 549 g/mol. The minimum Gasteiger partial charge on any atom is -0.494 e. The summed E-state index contributed by atoms with van der Waals surface area (Å²) in [5.41, 5.74) is -0.665. The van der Waals surface area contributed by atoms with Gasteiger partial charge in [-0.2, -0.15) is 4.98 Å². The van der Waals surface area contributed by atoms with Gasteiger partial charge in [0.1, 0.15) is 17.4 Å². The largest absolute Gasteiger partial charge is 0.494 e. The lowest BCUT2D eigenvalue weighted by molar-refractivity contribution is 0.0476. The fourth-order valence-corrected chi connectivity index (χ4v) is 4.60. The molecule has 0 aliphatic rings. The normalized spacial score (nSPS) is 13.6. The van der Waals surface area contributed by atoms with Gasteiger partial charge in [0.15, 0.2) is 17.1 Å². The topological polar surface area (TPSA) is 107 Å². The van der Waals surface area contributed by atoms with E-state index < -0.39 is 35.6 Å². The molecule has 0 aliphatic carbocycles. The number of thiophene rings is 1. The third-order valence-corrected chi connectivity index (χ3v) is 6.30. The SMILES string of the molecule is COc1c(C[C@@H](NC(=O)OC(C)(C)C)[C@H](C)F)cn2nc(Cl)nc(N(Cc3cccs3)C(=O)OC(C)(C)C)c12. The molecule has 0 fully saturated rings. The molecule has 2 atom stereocenters. The van der Waals surface area contributed by atoms with E-state index in [2.05, 4.69) is 15.4 Å². The Balaban J connectivity index is 2.09. The Morgan fingerprint density at radius 2 is 1.87 bits per heavy atom. The Hall–Kier alpha value is -3.12. The van der Waals surface area contributed by atoms with E-state index in [1.807, 2.05) is 17.5 Å². The molecular formula is C26H35ClFN5O5S. The molecule has 214 valence electrons. The Morgan fingerprint density at radius 3 is 2.41 bits per heavy atom. The number of hydrogen-bond acceptors (Lipinski definition) is 8. The third-order valence-electron chi connectivity index (χ3n) is 5.28. The molecule has 0 bridgehead atoms. The average Bonchev–Trinajstić information content (AvgIpc) is 3.41. The van der Waals surface area contributed by atoms with Crippen LogP contribution < -0.4 is 15.0 Å². The lowest BCUT2D eigenvalue weighted by Crippen LogP contribution is -2.44. The van der Waals surface area contributed by atoms with Crippen molar-refractivity contribution in [1.29, 1.82) is 0 Å². The second-order valence-corrected chi connectivity index (χ2v) is 12.3. The van der Waals surface area contributed by atoms with Crippen LogP contribution in [0.4, 0.5) is 19.8 Å². The second-order valence-electron chi connectivity index (χ2n) is 11.0. The maximum atomic E-state index is 14.6. The van der Waals surface area contributed by atoms with Crippen LogP contribution in [0.25, 0.3) is 5.52 Å². The van der Waals surface area contributed by atoms with Crippen molar-refractivity contribution in [3.8, 4) is 5.75 Å². The number of hydrogen-bond donors (Lipinski definition) is 1. The van der Waals surface area contributed by atoms with Gasteiger partial charge in [0, 0.05) is 23.1 Å². The number of aromatic nitrogens is 3. The van der Waals surface area contributed by atoms with Gasteiger partial charge in [0.2, 0.25) is 5.28 Å². The number of rotatable bonds is 8. The van der Waals surface area contributed by atoms with Gasteiger partial charge < -0.3 is 19.5 Å². The van der Waals surface area contributed by atoms with Crippen molar-refractivity contribution in [3.05, 3.63) is 39.4 Å². The fraction of sp³-hybridized carbons (Fsp3) is 0.538. The van der Waals surface area contributed by atoms with Gasteiger partial charge in [0.05, 0.1) is 19.7 Å². The van der Waals surface area contributed by atoms with Crippen molar-refractivity contribution < 1.29 is 28.2 Å². The third kappa shape index (κ3) is 8.18. The minimum absolute atomic E-state index is 0.0395. The summed E-state index contributed by atoms with van der Waals surface area (Å²) in [5, 5.41) is 8.62.